The molecule has 15 aliphatic rings. The number of nitrogens with zero attached hydrogens (tertiary/aromatic N) is 2. The third-order valence-corrected chi connectivity index (χ3v) is 23.8. The van der Waals surface area contributed by atoms with Gasteiger partial charge < -0.3 is 61.9 Å². The number of carbonyl (C=O) groups is 6. The summed E-state index contributed by atoms with van der Waals surface area (Å²) in [7, 11) is 0. The van der Waals surface area contributed by atoms with Crippen LogP contribution in [0.5, 0.6) is 0 Å². The normalized spacial score (nSPS) is 43.8. The predicted molar refractivity (Wildman–Crippen MR) is 319 cm³/mol. The van der Waals surface area contributed by atoms with Crippen LogP contribution in [0.25, 0.3) is 0 Å². The number of hydrogen-bond acceptors (Lipinski definition) is 27. The van der Waals surface area contributed by atoms with Crippen molar-refractivity contribution in [3.63, 3.8) is 0 Å². The summed E-state index contributed by atoms with van der Waals surface area (Å²) in [5, 5.41) is 10.1. The molecule has 3 spiro atoms. The van der Waals surface area contributed by atoms with E-state index in [4.69, 9.17) is 86.2 Å². The molecule has 0 amide bonds. The van der Waals surface area contributed by atoms with Crippen molar-refractivity contribution in [2.24, 2.45) is 71.0 Å². The second-order valence-electron chi connectivity index (χ2n) is 29.9. The fourth-order valence-corrected chi connectivity index (χ4v) is 18.4. The molecule has 3 saturated carbocycles. The van der Waals surface area contributed by atoms with E-state index in [2.05, 4.69) is 20.8 Å². The number of aliphatic hydroxyl groups is 1. The first kappa shape index (κ1) is 70.1. The highest BCUT2D eigenvalue weighted by Gasteiger charge is 2.73. The molecule has 12 aliphatic heterocycles. The Kier molecular flexibility index (Phi) is 21.2. The molecule has 15 rings (SSSR count). The fourth-order valence-electron chi connectivity index (χ4n) is 18.4. The van der Waals surface area contributed by atoms with Crippen molar-refractivity contribution in [1.82, 2.24) is 9.80 Å². The van der Waals surface area contributed by atoms with Gasteiger partial charge in [0.2, 0.25) is 36.2 Å². The largest absolute Gasteiger partial charge is 0.464 e. The number of ether oxygens (including phenoxy) is 12. The van der Waals surface area contributed by atoms with Gasteiger partial charge in [-0.3, -0.25) is 38.6 Å². The van der Waals surface area contributed by atoms with Gasteiger partial charge in [0, 0.05) is 94.0 Å². The van der Waals surface area contributed by atoms with Crippen molar-refractivity contribution in [1.29, 1.82) is 0 Å². The maximum atomic E-state index is 13.4. The second kappa shape index (κ2) is 28.5. The number of aliphatic hydroxyl groups excluding tert-OH is 1. The summed E-state index contributed by atoms with van der Waals surface area (Å²) in [5.74, 6) is -6.08. The summed E-state index contributed by atoms with van der Waals surface area (Å²) < 4.78 is 72.9. The number of hydrogen-bond donors (Lipinski definition) is 1. The molecule has 12 saturated heterocycles. The quantitative estimate of drug-likeness (QED) is 0.0528. The van der Waals surface area contributed by atoms with Crippen LogP contribution in [0.3, 0.4) is 0 Å². The van der Waals surface area contributed by atoms with E-state index in [1.807, 2.05) is 51.3 Å². The zero-order valence-corrected chi connectivity index (χ0v) is 56.3. The highest BCUT2D eigenvalue weighted by atomic mass is 17.3. The van der Waals surface area contributed by atoms with E-state index in [9.17, 15) is 33.9 Å². The van der Waals surface area contributed by atoms with E-state index in [1.54, 1.807) is 0 Å². The van der Waals surface area contributed by atoms with Crippen molar-refractivity contribution in [3.8, 4) is 0 Å². The zero-order chi connectivity index (χ0) is 66.5. The first-order chi connectivity index (χ1) is 44.9. The molecule has 1 N–H and O–H groups in total. The summed E-state index contributed by atoms with van der Waals surface area (Å²) in [5.41, 5.74) is -2.46. The highest BCUT2D eigenvalue weighted by Crippen LogP contribution is 2.64. The number of esters is 6. The molecular weight excluding hydrogens is 1230 g/mol. The molecule has 6 bridgehead atoms. The van der Waals surface area contributed by atoms with Crippen molar-refractivity contribution in [2.75, 3.05) is 65.7 Å². The molecule has 3 unspecified atom stereocenters. The average molecular weight is 1340 g/mol. The van der Waals surface area contributed by atoms with Crippen LogP contribution < -0.4 is 0 Å². The molecule has 0 radical (unpaired) electrons. The average Bonchev–Trinajstić information content (AvgIpc) is 1.37. The van der Waals surface area contributed by atoms with E-state index in [0.717, 1.165) is 57.8 Å². The van der Waals surface area contributed by atoms with E-state index < -0.39 is 108 Å². The molecule has 12 heterocycles. The molecule has 27 heteroatoms. The Morgan fingerprint density at radius 3 is 0.957 bits per heavy atom. The minimum atomic E-state index is -0.997. The Morgan fingerprint density at radius 2 is 0.660 bits per heavy atom. The first-order valence-electron chi connectivity index (χ1n) is 35.1. The standard InChI is InChI=1S/C67H102N2O25/c1-38-10-13-47-41(4)56(83-59-65(47)44(38)22-25-62(7,86-59)89-92-65)80-53(74)19-16-50(71)77-35-31-68(30-34-70)28-29-69(32-36-78-51(72)17-20-54(75)81-57-42(5)48-14-11-39(2)45-23-26-63(8)87-60(84-57)66(45,48)93-90-63)33-37-79-52(73)18-21-55(76)82-58-43(6)49-15-12-40(3)46-24-27-64(9)88-61(85-58)67(46,49)94-91-64/h38-49,56-61,70H,10-37H2,1-9H3/t38-,39-,40-,41-,42-,43-,44+,45+,46+,47+,48+,49+,56-,57-,58-,59-,60-,61-,62?,63?,64?,65-,66-,67-/m1/s1. The van der Waals surface area contributed by atoms with Crippen molar-refractivity contribution in [3.05, 3.63) is 0 Å². The summed E-state index contributed by atoms with van der Waals surface area (Å²) in [4.78, 5) is 120. The van der Waals surface area contributed by atoms with Gasteiger partial charge in [0.25, 0.3) is 0 Å². The minimum Gasteiger partial charge on any atom is -0.464 e. The predicted octanol–water partition coefficient (Wildman–Crippen LogP) is 6.81. The first-order valence-corrected chi connectivity index (χ1v) is 35.1. The van der Waals surface area contributed by atoms with Gasteiger partial charge in [-0.25, -0.2) is 29.3 Å². The van der Waals surface area contributed by atoms with Crippen LogP contribution in [0, 0.1) is 71.0 Å². The molecule has 0 aromatic rings. The Balaban J connectivity index is 0.602. The van der Waals surface area contributed by atoms with E-state index in [-0.39, 0.29) is 144 Å². The summed E-state index contributed by atoms with van der Waals surface area (Å²) in [6.45, 7) is 19.1. The van der Waals surface area contributed by atoms with E-state index in [0.29, 0.717) is 50.1 Å². The van der Waals surface area contributed by atoms with Crippen LogP contribution in [0.2, 0.25) is 0 Å². The van der Waals surface area contributed by atoms with Crippen LogP contribution in [0.4, 0.5) is 0 Å². The molecule has 94 heavy (non-hydrogen) atoms. The van der Waals surface area contributed by atoms with Gasteiger partial charge in [0.05, 0.1) is 45.1 Å². The van der Waals surface area contributed by atoms with Crippen LogP contribution in [0.15, 0.2) is 0 Å². The highest BCUT2D eigenvalue weighted by molar-refractivity contribution is 5.79. The van der Waals surface area contributed by atoms with Gasteiger partial charge in [0.15, 0.2) is 35.7 Å². The monoisotopic (exact) mass is 1330 g/mol. The lowest BCUT2D eigenvalue weighted by atomic mass is 9.58. The molecular formula is C67H102N2O25. The Hall–Kier alpha value is -3.78. The second-order valence-corrected chi connectivity index (χ2v) is 29.9. The summed E-state index contributed by atoms with van der Waals surface area (Å²) in [6, 6.07) is 0. The summed E-state index contributed by atoms with van der Waals surface area (Å²) >= 11 is 0. The zero-order valence-electron chi connectivity index (χ0n) is 56.3. The third-order valence-electron chi connectivity index (χ3n) is 23.8. The number of carbonyl (C=O) groups excluding carboxylic acids is 6. The van der Waals surface area contributed by atoms with Crippen molar-refractivity contribution in [2.45, 2.75) is 250 Å². The van der Waals surface area contributed by atoms with Crippen molar-refractivity contribution < 1.29 is 120 Å². The Bertz CT molecular complexity index is 2610. The van der Waals surface area contributed by atoms with Gasteiger partial charge in [-0.1, -0.05) is 41.5 Å². The lowest BCUT2D eigenvalue weighted by molar-refractivity contribution is -0.576. The molecule has 3 aliphatic carbocycles. The lowest BCUT2D eigenvalue weighted by Gasteiger charge is -2.59. The van der Waals surface area contributed by atoms with Crippen LogP contribution in [-0.2, 0) is 115 Å². The summed E-state index contributed by atoms with van der Waals surface area (Å²) in [6.07, 6.45) is 3.25. The van der Waals surface area contributed by atoms with Crippen LogP contribution in [0.1, 0.15) is 178 Å². The SMILES string of the molecule is C[C@H]1[C@H](OC(=O)CCC(=O)OCCN(CCO)CCN(CCOC(=O)CCC(=O)O[C@@H]2O[C@@H]3OC4(C)CC[C@H]5[C@H](C)CC[C@@H]([C@H]2C)[C@@]35OO4)CCOC(=O)CCC(=O)O[C@@H]2O[C@@H]3OC4(C)CC[C@H]5[C@H](C)CC[C@@H]([C@H]2C)[C@@]35OO4)O[C@@H]2OC3(C)CC[C@H]4[C@H](C)CC[C@@H]1[C@@]24OO3. The minimum absolute atomic E-state index is 0.0456. The molecule has 15 fully saturated rings. The van der Waals surface area contributed by atoms with Crippen LogP contribution >= 0.6 is 0 Å². The van der Waals surface area contributed by atoms with Gasteiger partial charge in [-0.2, -0.15) is 0 Å². The third kappa shape index (κ3) is 13.8. The van der Waals surface area contributed by atoms with Gasteiger partial charge in [-0.05, 0) is 114 Å². The Morgan fingerprint density at radius 1 is 0.372 bits per heavy atom. The van der Waals surface area contributed by atoms with E-state index in [1.165, 1.54) is 0 Å². The molecule has 530 valence electrons. The van der Waals surface area contributed by atoms with Crippen molar-refractivity contribution >= 4 is 35.8 Å². The Labute approximate surface area is 550 Å². The molecule has 0 aromatic carbocycles. The number of fused-ring (bicyclic) bond motifs is 6. The molecule has 24 atom stereocenters. The number of rotatable bonds is 26. The van der Waals surface area contributed by atoms with Gasteiger partial charge >= 0.3 is 35.8 Å². The maximum Gasteiger partial charge on any atom is 0.308 e. The van der Waals surface area contributed by atoms with Gasteiger partial charge in [-0.15, -0.1) is 0 Å². The lowest BCUT2D eigenvalue weighted by Crippen LogP contribution is -2.70. The maximum absolute atomic E-state index is 13.4. The smallest absolute Gasteiger partial charge is 0.308 e. The topological polar surface area (TPSA) is 295 Å². The molecule has 27 nitrogen and oxygen atoms in total. The van der Waals surface area contributed by atoms with Gasteiger partial charge in [0.1, 0.15) is 19.8 Å². The fraction of sp³-hybridized carbons (Fsp3) is 0.910. The van der Waals surface area contributed by atoms with Crippen LogP contribution in [-0.4, -0.2) is 188 Å². The van der Waals surface area contributed by atoms with E-state index >= 15 is 0 Å². The molecule has 0 aromatic heterocycles.